The third kappa shape index (κ3) is 3.08. The van der Waals surface area contributed by atoms with E-state index in [0.717, 1.165) is 23.8 Å². The molecule has 1 aromatic heterocycles. The minimum absolute atomic E-state index is 0.788. The molecule has 0 aliphatic heterocycles. The molecule has 1 atom stereocenters. The van der Waals surface area contributed by atoms with Gasteiger partial charge in [-0.1, -0.05) is 12.2 Å². The van der Waals surface area contributed by atoms with E-state index in [1.807, 2.05) is 19.2 Å². The van der Waals surface area contributed by atoms with Crippen molar-refractivity contribution in [3.05, 3.63) is 36.2 Å². The molecule has 80 valence electrons. The highest BCUT2D eigenvalue weighted by atomic mass is 14.9. The van der Waals surface area contributed by atoms with Crippen molar-refractivity contribution in [1.82, 2.24) is 4.98 Å². The van der Waals surface area contributed by atoms with Crippen LogP contribution in [0, 0.1) is 12.8 Å². The lowest BCUT2D eigenvalue weighted by Gasteiger charge is -2.18. The van der Waals surface area contributed by atoms with Crippen molar-refractivity contribution in [2.45, 2.75) is 26.2 Å². The third-order valence-corrected chi connectivity index (χ3v) is 2.88. The molecule has 0 radical (unpaired) electrons. The average molecular weight is 202 g/mol. The third-order valence-electron chi connectivity index (χ3n) is 2.88. The highest BCUT2D eigenvalue weighted by molar-refractivity contribution is 5.40. The van der Waals surface area contributed by atoms with Crippen LogP contribution in [0.25, 0.3) is 0 Å². The van der Waals surface area contributed by atoms with Crippen molar-refractivity contribution in [2.24, 2.45) is 5.92 Å². The van der Waals surface area contributed by atoms with Crippen LogP contribution in [0.5, 0.6) is 0 Å². The SMILES string of the molecule is Cc1ccc(NC[C@H]2CC=CCC2)cn1. The lowest BCUT2D eigenvalue weighted by atomic mass is 9.94. The molecule has 0 bridgehead atoms. The second kappa shape index (κ2) is 4.96. The molecule has 0 unspecified atom stereocenters. The number of hydrogen-bond acceptors (Lipinski definition) is 2. The zero-order valence-corrected chi connectivity index (χ0v) is 9.24. The number of rotatable bonds is 3. The van der Waals surface area contributed by atoms with E-state index in [1.54, 1.807) is 0 Å². The van der Waals surface area contributed by atoms with Crippen LogP contribution < -0.4 is 5.32 Å². The Balaban J connectivity index is 1.82. The lowest BCUT2D eigenvalue weighted by molar-refractivity contribution is 0.504. The number of pyridine rings is 1. The van der Waals surface area contributed by atoms with Crippen molar-refractivity contribution in [1.29, 1.82) is 0 Å². The van der Waals surface area contributed by atoms with Gasteiger partial charge in [-0.2, -0.15) is 0 Å². The Labute approximate surface area is 91.4 Å². The van der Waals surface area contributed by atoms with Crippen molar-refractivity contribution in [3.63, 3.8) is 0 Å². The molecule has 2 nitrogen and oxygen atoms in total. The molecule has 2 heteroatoms. The first-order chi connectivity index (χ1) is 7.34. The first kappa shape index (κ1) is 10.2. The van der Waals surface area contributed by atoms with Crippen LogP contribution in [0.4, 0.5) is 5.69 Å². The van der Waals surface area contributed by atoms with E-state index in [9.17, 15) is 0 Å². The fourth-order valence-electron chi connectivity index (χ4n) is 1.88. The van der Waals surface area contributed by atoms with E-state index >= 15 is 0 Å². The van der Waals surface area contributed by atoms with E-state index in [4.69, 9.17) is 0 Å². The highest BCUT2D eigenvalue weighted by Gasteiger charge is 2.08. The van der Waals surface area contributed by atoms with Crippen LogP contribution in [0.3, 0.4) is 0 Å². The summed E-state index contributed by atoms with van der Waals surface area (Å²) in [5.41, 5.74) is 2.20. The molecule has 1 heterocycles. The Morgan fingerprint density at radius 2 is 2.33 bits per heavy atom. The van der Waals surface area contributed by atoms with Crippen molar-refractivity contribution < 1.29 is 0 Å². The Hall–Kier alpha value is -1.31. The minimum atomic E-state index is 0.788. The molecule has 1 aliphatic rings. The van der Waals surface area contributed by atoms with E-state index in [2.05, 4.69) is 28.5 Å². The molecular weight excluding hydrogens is 184 g/mol. The van der Waals surface area contributed by atoms with Gasteiger partial charge in [0.05, 0.1) is 11.9 Å². The molecule has 15 heavy (non-hydrogen) atoms. The Bertz CT molecular complexity index is 327. The van der Waals surface area contributed by atoms with Crippen LogP contribution >= 0.6 is 0 Å². The number of nitrogens with zero attached hydrogens (tertiary/aromatic N) is 1. The number of hydrogen-bond donors (Lipinski definition) is 1. The van der Waals surface area contributed by atoms with Crippen LogP contribution in [0.1, 0.15) is 25.0 Å². The molecule has 0 aromatic carbocycles. The summed E-state index contributed by atoms with van der Waals surface area (Å²) in [6.45, 7) is 3.07. The summed E-state index contributed by atoms with van der Waals surface area (Å²) in [5.74, 6) is 0.788. The Morgan fingerprint density at radius 1 is 1.40 bits per heavy atom. The molecule has 1 N–H and O–H groups in total. The molecule has 0 amide bonds. The van der Waals surface area contributed by atoms with Crippen molar-refractivity contribution in [3.8, 4) is 0 Å². The van der Waals surface area contributed by atoms with Gasteiger partial charge in [0, 0.05) is 12.2 Å². The fourth-order valence-corrected chi connectivity index (χ4v) is 1.88. The predicted molar refractivity (Wildman–Crippen MR) is 63.9 cm³/mol. The van der Waals surface area contributed by atoms with Gasteiger partial charge in [0.15, 0.2) is 0 Å². The highest BCUT2D eigenvalue weighted by Crippen LogP contribution is 2.18. The second-order valence-corrected chi connectivity index (χ2v) is 4.22. The van der Waals surface area contributed by atoms with Crippen LogP contribution in [-0.4, -0.2) is 11.5 Å². The van der Waals surface area contributed by atoms with E-state index in [0.29, 0.717) is 0 Å². The summed E-state index contributed by atoms with van der Waals surface area (Å²) in [6, 6.07) is 4.14. The topological polar surface area (TPSA) is 24.9 Å². The zero-order valence-electron chi connectivity index (χ0n) is 9.24. The Morgan fingerprint density at radius 3 is 3.00 bits per heavy atom. The fraction of sp³-hybridized carbons (Fsp3) is 0.462. The summed E-state index contributed by atoms with van der Waals surface area (Å²) in [6.07, 6.45) is 10.2. The van der Waals surface area contributed by atoms with Gasteiger partial charge < -0.3 is 5.32 Å². The minimum Gasteiger partial charge on any atom is -0.384 e. The molecule has 0 spiro atoms. The van der Waals surface area contributed by atoms with Gasteiger partial charge in [0.2, 0.25) is 0 Å². The maximum absolute atomic E-state index is 4.27. The number of nitrogens with one attached hydrogen (secondary N) is 1. The summed E-state index contributed by atoms with van der Waals surface area (Å²) >= 11 is 0. The first-order valence-corrected chi connectivity index (χ1v) is 5.66. The molecule has 0 fully saturated rings. The van der Waals surface area contributed by atoms with E-state index in [1.165, 1.54) is 19.3 Å². The summed E-state index contributed by atoms with van der Waals surface area (Å²) in [4.78, 5) is 4.27. The van der Waals surface area contributed by atoms with Gasteiger partial charge in [0.25, 0.3) is 0 Å². The maximum atomic E-state index is 4.27. The number of aryl methyl sites for hydroxylation is 1. The summed E-state index contributed by atoms with van der Waals surface area (Å²) in [5, 5.41) is 3.45. The van der Waals surface area contributed by atoms with Crippen LogP contribution in [0.15, 0.2) is 30.5 Å². The smallest absolute Gasteiger partial charge is 0.0527 e. The molecule has 1 aliphatic carbocycles. The average Bonchev–Trinajstić information content (AvgIpc) is 2.30. The number of allylic oxidation sites excluding steroid dienone is 2. The van der Waals surface area contributed by atoms with Gasteiger partial charge in [-0.15, -0.1) is 0 Å². The molecule has 0 saturated carbocycles. The standard InChI is InChI=1S/C13H18N2/c1-11-7-8-13(10-14-11)15-9-12-5-3-2-4-6-12/h2-3,7-8,10,12,15H,4-6,9H2,1H3/t12-/m0/s1. The molecule has 1 aromatic rings. The summed E-state index contributed by atoms with van der Waals surface area (Å²) < 4.78 is 0. The van der Waals surface area contributed by atoms with Crippen molar-refractivity contribution >= 4 is 5.69 Å². The normalized spacial score (nSPS) is 20.2. The van der Waals surface area contributed by atoms with Gasteiger partial charge >= 0.3 is 0 Å². The molecule has 2 rings (SSSR count). The first-order valence-electron chi connectivity index (χ1n) is 5.66. The van der Waals surface area contributed by atoms with Crippen LogP contribution in [0.2, 0.25) is 0 Å². The zero-order chi connectivity index (χ0) is 10.5. The number of aromatic nitrogens is 1. The summed E-state index contributed by atoms with van der Waals surface area (Å²) in [7, 11) is 0. The monoisotopic (exact) mass is 202 g/mol. The maximum Gasteiger partial charge on any atom is 0.0527 e. The van der Waals surface area contributed by atoms with Gasteiger partial charge in [0.1, 0.15) is 0 Å². The lowest BCUT2D eigenvalue weighted by Crippen LogP contribution is -2.15. The second-order valence-electron chi connectivity index (χ2n) is 4.22. The van der Waals surface area contributed by atoms with Gasteiger partial charge in [-0.3, -0.25) is 4.98 Å². The predicted octanol–water partition coefficient (Wildman–Crippen LogP) is 3.16. The Kier molecular flexibility index (Phi) is 3.38. The van der Waals surface area contributed by atoms with E-state index in [-0.39, 0.29) is 0 Å². The van der Waals surface area contributed by atoms with Crippen LogP contribution in [-0.2, 0) is 0 Å². The molecular formula is C13H18N2. The molecule has 0 saturated heterocycles. The van der Waals surface area contributed by atoms with Crippen molar-refractivity contribution in [2.75, 3.05) is 11.9 Å². The van der Waals surface area contributed by atoms with Gasteiger partial charge in [-0.05, 0) is 44.2 Å². The largest absolute Gasteiger partial charge is 0.384 e. The number of anilines is 1. The van der Waals surface area contributed by atoms with E-state index < -0.39 is 0 Å². The van der Waals surface area contributed by atoms with Gasteiger partial charge in [-0.25, -0.2) is 0 Å². The quantitative estimate of drug-likeness (QED) is 0.761.